The van der Waals surface area contributed by atoms with Gasteiger partial charge in [0.25, 0.3) is 5.69 Å². The fraction of sp³-hybridized carbons (Fsp3) is 0. The number of rotatable bonds is 0. The van der Waals surface area contributed by atoms with Gasteiger partial charge in [0.2, 0.25) is 17.0 Å². The maximum Gasteiger partial charge on any atom is 0.254 e. The lowest BCUT2D eigenvalue weighted by Crippen LogP contribution is -2.68. The van der Waals surface area contributed by atoms with Crippen LogP contribution in [0, 0.1) is 21.6 Å². The second-order valence-electron chi connectivity index (χ2n) is 3.68. The molecule has 0 saturated carbocycles. The van der Waals surface area contributed by atoms with Gasteiger partial charge in [-0.05, 0) is 12.1 Å². The first-order chi connectivity index (χ1) is 9.38. The molecule has 0 amide bonds. The summed E-state index contributed by atoms with van der Waals surface area (Å²) in [5, 5.41) is 8.72. The fourth-order valence-corrected chi connectivity index (χ4v) is 1.73. The average Bonchev–Trinajstić information content (AvgIpc) is 2.74. The topological polar surface area (TPSA) is 133 Å². The van der Waals surface area contributed by atoms with Crippen molar-refractivity contribution in [1.29, 1.82) is 5.26 Å². The molecule has 0 atom stereocenters. The van der Waals surface area contributed by atoms with E-state index in [-0.39, 0.29) is 0 Å². The molecule has 2 aliphatic rings. The highest BCUT2D eigenvalue weighted by atomic mass is 35.7. The van der Waals surface area contributed by atoms with Crippen molar-refractivity contribution >= 4 is 5.52 Å². The third-order valence-corrected chi connectivity index (χ3v) is 2.41. The van der Waals surface area contributed by atoms with E-state index in [4.69, 9.17) is 28.3 Å². The van der Waals surface area contributed by atoms with Crippen LogP contribution in [0.4, 0.5) is 0 Å². The summed E-state index contributed by atoms with van der Waals surface area (Å²) >= 11 is 0. The maximum absolute atomic E-state index is 8.72. The first-order valence-electron chi connectivity index (χ1n) is 5.23. The number of fused-ring (bicyclic) bond motifs is 3. The number of nitriles is 1. The van der Waals surface area contributed by atoms with E-state index in [9.17, 15) is 0 Å². The van der Waals surface area contributed by atoms with Crippen molar-refractivity contribution in [3.8, 4) is 17.5 Å². The summed E-state index contributed by atoms with van der Waals surface area (Å²) in [7, 11) is -4.94. The minimum atomic E-state index is -4.94. The van der Waals surface area contributed by atoms with Gasteiger partial charge in [-0.3, -0.25) is 0 Å². The zero-order valence-electron chi connectivity index (χ0n) is 9.86. The molecule has 0 unspecified atom stereocenters. The van der Waals surface area contributed by atoms with Crippen LogP contribution in [0.25, 0.3) is 17.0 Å². The molecule has 3 rings (SSSR count). The Labute approximate surface area is 115 Å². The molecule has 3 heterocycles. The molecule has 0 bridgehead atoms. The largest absolute Gasteiger partial charge is 0.439 e. The molecule has 7 nitrogen and oxygen atoms in total. The van der Waals surface area contributed by atoms with Crippen LogP contribution in [-0.4, -0.2) is 0 Å². The van der Waals surface area contributed by atoms with Crippen LogP contribution in [0.1, 0.15) is 5.76 Å². The Kier molecular flexibility index (Phi) is 3.85. The normalized spacial score (nSPS) is 10.9. The van der Waals surface area contributed by atoms with E-state index in [1.54, 1.807) is 6.07 Å². The van der Waals surface area contributed by atoms with Crippen LogP contribution in [0.5, 0.6) is 0 Å². The highest BCUT2D eigenvalue weighted by molar-refractivity contribution is 5.60. The molecular formula is C12H7ClN2O5. The van der Waals surface area contributed by atoms with Crippen LogP contribution >= 0.6 is 0 Å². The second-order valence-corrected chi connectivity index (χ2v) is 4.43. The van der Waals surface area contributed by atoms with Gasteiger partial charge in [-0.1, -0.05) is 0 Å². The van der Waals surface area contributed by atoms with Crippen LogP contribution in [-0.2, 0) is 0 Å². The summed E-state index contributed by atoms with van der Waals surface area (Å²) in [6, 6.07) is 13.4. The van der Waals surface area contributed by atoms with Crippen LogP contribution in [0.2, 0.25) is 0 Å². The second kappa shape index (κ2) is 5.42. The van der Waals surface area contributed by atoms with Gasteiger partial charge in [0.1, 0.15) is 6.07 Å². The van der Waals surface area contributed by atoms with Gasteiger partial charge in [0.15, 0.2) is 6.20 Å². The Bertz CT molecular complexity index is 738. The predicted octanol–water partition coefficient (Wildman–Crippen LogP) is -2.76. The summed E-state index contributed by atoms with van der Waals surface area (Å²) < 4.78 is 41.4. The van der Waals surface area contributed by atoms with E-state index in [0.29, 0.717) is 5.76 Å². The van der Waals surface area contributed by atoms with E-state index in [1.165, 1.54) is 0 Å². The summed E-state index contributed by atoms with van der Waals surface area (Å²) in [5.74, 6) is 1.07. The van der Waals surface area contributed by atoms with Crippen molar-refractivity contribution in [2.24, 2.45) is 0 Å². The molecule has 1 aromatic rings. The SMILES string of the molecule is N#Cc1ccc2[n+]3ccccc3cc-2o1.[O-][Cl+3]([O-])([O-])[O-]. The summed E-state index contributed by atoms with van der Waals surface area (Å²) in [4.78, 5) is 0. The summed E-state index contributed by atoms with van der Waals surface area (Å²) in [5.41, 5.74) is 2.04. The highest BCUT2D eigenvalue weighted by Gasteiger charge is 2.20. The first-order valence-corrected chi connectivity index (χ1v) is 6.47. The Balaban J connectivity index is 0.000000257. The van der Waals surface area contributed by atoms with Crippen molar-refractivity contribution in [3.05, 3.63) is 48.4 Å². The lowest BCUT2D eigenvalue weighted by molar-refractivity contribution is -2.00. The molecule has 0 saturated heterocycles. The number of hydrogen-bond acceptors (Lipinski definition) is 6. The molecule has 1 aromatic heterocycles. The third kappa shape index (κ3) is 3.42. The van der Waals surface area contributed by atoms with E-state index < -0.39 is 10.2 Å². The smallest absolute Gasteiger partial charge is 0.254 e. The molecule has 0 fully saturated rings. The van der Waals surface area contributed by atoms with Gasteiger partial charge in [-0.2, -0.15) is 9.66 Å². The third-order valence-electron chi connectivity index (χ3n) is 2.41. The van der Waals surface area contributed by atoms with Crippen molar-refractivity contribution < 1.29 is 37.7 Å². The molecule has 0 spiro atoms. The van der Waals surface area contributed by atoms with Gasteiger partial charge < -0.3 is 4.42 Å². The zero-order chi connectivity index (χ0) is 14.8. The fourth-order valence-electron chi connectivity index (χ4n) is 1.73. The van der Waals surface area contributed by atoms with Crippen molar-refractivity contribution in [3.63, 3.8) is 0 Å². The van der Waals surface area contributed by atoms with Gasteiger partial charge in [-0.15, -0.1) is 10.2 Å². The number of hydrogen-bond donors (Lipinski definition) is 0. The van der Waals surface area contributed by atoms with Crippen LogP contribution < -0.4 is 23.0 Å². The molecule has 0 N–H and O–H groups in total. The minimum absolute atomic E-state index is 0.332. The number of pyridine rings is 1. The van der Waals surface area contributed by atoms with E-state index in [1.807, 2.05) is 47.0 Å². The summed E-state index contributed by atoms with van der Waals surface area (Å²) in [6.45, 7) is 0. The van der Waals surface area contributed by atoms with Gasteiger partial charge in [0, 0.05) is 18.2 Å². The number of halogens is 1. The van der Waals surface area contributed by atoms with Crippen molar-refractivity contribution in [1.82, 2.24) is 0 Å². The van der Waals surface area contributed by atoms with Crippen molar-refractivity contribution in [2.45, 2.75) is 0 Å². The molecule has 0 aromatic carbocycles. The number of nitrogens with zero attached hydrogens (tertiary/aromatic N) is 2. The van der Waals surface area contributed by atoms with E-state index in [0.717, 1.165) is 17.0 Å². The average molecular weight is 295 g/mol. The Morgan fingerprint density at radius 3 is 2.45 bits per heavy atom. The molecule has 20 heavy (non-hydrogen) atoms. The molecule has 0 aliphatic carbocycles. The van der Waals surface area contributed by atoms with Gasteiger partial charge in [0.05, 0.1) is 6.07 Å². The molecule has 2 aliphatic heterocycles. The molecular weight excluding hydrogens is 288 g/mol. The Morgan fingerprint density at radius 2 is 1.80 bits per heavy atom. The van der Waals surface area contributed by atoms with Crippen LogP contribution in [0.15, 0.2) is 47.0 Å². The van der Waals surface area contributed by atoms with Crippen molar-refractivity contribution in [2.75, 3.05) is 0 Å². The zero-order valence-corrected chi connectivity index (χ0v) is 10.6. The summed E-state index contributed by atoms with van der Waals surface area (Å²) in [6.07, 6.45) is 1.97. The predicted molar refractivity (Wildman–Crippen MR) is 53.2 cm³/mol. The molecule has 0 radical (unpaired) electrons. The quantitative estimate of drug-likeness (QED) is 0.412. The minimum Gasteiger partial charge on any atom is -0.439 e. The van der Waals surface area contributed by atoms with Crippen LogP contribution in [0.3, 0.4) is 0 Å². The standard InChI is InChI=1S/C12H7N2O.ClHO4/c13-8-10-4-5-11-12(15-10)7-9-3-1-2-6-14(9)11;2-1(3,4)5/h1-7H;(H,2,3,4,5)/q+1;/p-1. The van der Waals surface area contributed by atoms with Gasteiger partial charge in [-0.25, -0.2) is 18.6 Å². The molecule has 8 heteroatoms. The number of aromatic nitrogens is 1. The lowest BCUT2D eigenvalue weighted by Gasteiger charge is -2.17. The highest BCUT2D eigenvalue weighted by Crippen LogP contribution is 2.22. The Morgan fingerprint density at radius 1 is 1.10 bits per heavy atom. The first kappa shape index (κ1) is 14.2. The molecule has 102 valence electrons. The Hall–Kier alpha value is -2.21. The van der Waals surface area contributed by atoms with Gasteiger partial charge >= 0.3 is 0 Å². The van der Waals surface area contributed by atoms with E-state index in [2.05, 4.69) is 0 Å². The lowest BCUT2D eigenvalue weighted by atomic mass is 10.3. The maximum atomic E-state index is 8.72. The monoisotopic (exact) mass is 294 g/mol. The van der Waals surface area contributed by atoms with E-state index >= 15 is 0 Å².